The Labute approximate surface area is 215 Å². The van der Waals surface area contributed by atoms with Crippen molar-refractivity contribution in [2.24, 2.45) is 5.10 Å². The molecule has 4 aromatic rings. The molecule has 1 N–H and O–H groups in total. The Morgan fingerprint density at radius 3 is 2.67 bits per heavy atom. The van der Waals surface area contributed by atoms with Gasteiger partial charge in [0.15, 0.2) is 17.3 Å². The lowest BCUT2D eigenvalue weighted by molar-refractivity contribution is -0.384. The van der Waals surface area contributed by atoms with Crippen molar-refractivity contribution in [2.75, 3.05) is 6.61 Å². The number of ether oxygens (including phenoxy) is 2. The molecule has 0 saturated heterocycles. The average Bonchev–Trinajstić information content (AvgIpc) is 3.28. The van der Waals surface area contributed by atoms with E-state index in [9.17, 15) is 14.9 Å². The number of non-ortho nitro benzene ring substituents is 1. The SMILES string of the molecule is CCOc1cc(/C=N/NC(=O)c2cc3cc([N+](=O)[O-])ccc3o2)cc(Cl)c1OCc1ccccc1Cl. The van der Waals surface area contributed by atoms with Crippen molar-refractivity contribution in [1.29, 1.82) is 0 Å². The van der Waals surface area contributed by atoms with E-state index in [-0.39, 0.29) is 18.1 Å². The van der Waals surface area contributed by atoms with Crippen molar-refractivity contribution in [3.63, 3.8) is 0 Å². The van der Waals surface area contributed by atoms with E-state index in [0.717, 1.165) is 5.56 Å². The highest BCUT2D eigenvalue weighted by molar-refractivity contribution is 6.32. The van der Waals surface area contributed by atoms with Crippen LogP contribution >= 0.6 is 23.2 Å². The molecule has 184 valence electrons. The number of benzene rings is 3. The van der Waals surface area contributed by atoms with Gasteiger partial charge in [-0.3, -0.25) is 14.9 Å². The van der Waals surface area contributed by atoms with Gasteiger partial charge in [-0.15, -0.1) is 0 Å². The maximum absolute atomic E-state index is 12.4. The molecule has 11 heteroatoms. The van der Waals surface area contributed by atoms with Gasteiger partial charge in [-0.25, -0.2) is 5.43 Å². The molecule has 0 radical (unpaired) electrons. The molecule has 1 amide bonds. The Bertz CT molecular complexity index is 1470. The van der Waals surface area contributed by atoms with Crippen LogP contribution in [0.25, 0.3) is 11.0 Å². The van der Waals surface area contributed by atoms with Gasteiger partial charge in [-0.05, 0) is 42.8 Å². The van der Waals surface area contributed by atoms with Crippen LogP contribution in [0.1, 0.15) is 28.6 Å². The first-order valence-electron chi connectivity index (χ1n) is 10.7. The van der Waals surface area contributed by atoms with Gasteiger partial charge in [0.05, 0.1) is 22.8 Å². The van der Waals surface area contributed by atoms with Gasteiger partial charge >= 0.3 is 5.91 Å². The Morgan fingerprint density at radius 1 is 1.11 bits per heavy atom. The molecule has 0 spiro atoms. The van der Waals surface area contributed by atoms with Gasteiger partial charge in [-0.1, -0.05) is 41.4 Å². The fourth-order valence-electron chi connectivity index (χ4n) is 3.31. The summed E-state index contributed by atoms with van der Waals surface area (Å²) < 4.78 is 17.0. The number of furan rings is 1. The lowest BCUT2D eigenvalue weighted by Crippen LogP contribution is -2.16. The smallest absolute Gasteiger partial charge is 0.307 e. The maximum Gasteiger partial charge on any atom is 0.307 e. The first-order chi connectivity index (χ1) is 17.4. The number of nitro benzene ring substituents is 1. The van der Waals surface area contributed by atoms with E-state index in [0.29, 0.717) is 44.7 Å². The number of hydrogen-bond acceptors (Lipinski definition) is 7. The molecule has 0 aliphatic carbocycles. The molecule has 36 heavy (non-hydrogen) atoms. The normalized spacial score (nSPS) is 11.1. The predicted octanol–water partition coefficient (Wildman–Crippen LogP) is 6.39. The van der Waals surface area contributed by atoms with E-state index in [1.807, 2.05) is 25.1 Å². The molecule has 0 saturated carbocycles. The number of hydrogen-bond donors (Lipinski definition) is 1. The highest BCUT2D eigenvalue weighted by Gasteiger charge is 2.16. The molecule has 1 aromatic heterocycles. The minimum atomic E-state index is -0.624. The predicted molar refractivity (Wildman–Crippen MR) is 136 cm³/mol. The first kappa shape index (κ1) is 25.0. The van der Waals surface area contributed by atoms with Crippen molar-refractivity contribution >= 4 is 52.0 Å². The number of carbonyl (C=O) groups excluding carboxylic acids is 1. The van der Waals surface area contributed by atoms with E-state index >= 15 is 0 Å². The van der Waals surface area contributed by atoms with Gasteiger partial charge in [0.1, 0.15) is 12.2 Å². The van der Waals surface area contributed by atoms with Crippen LogP contribution in [0.5, 0.6) is 11.5 Å². The number of amides is 1. The second-order valence-corrected chi connectivity index (χ2v) is 8.25. The molecule has 3 aromatic carbocycles. The van der Waals surface area contributed by atoms with Crippen LogP contribution in [0, 0.1) is 10.1 Å². The molecule has 9 nitrogen and oxygen atoms in total. The summed E-state index contributed by atoms with van der Waals surface area (Å²) in [5, 5.41) is 16.2. The van der Waals surface area contributed by atoms with E-state index in [4.69, 9.17) is 37.1 Å². The number of hydrazone groups is 1. The van der Waals surface area contributed by atoms with Gasteiger partial charge in [-0.2, -0.15) is 5.10 Å². The van der Waals surface area contributed by atoms with Gasteiger partial charge in [0.25, 0.3) is 5.69 Å². The standard InChI is InChI=1S/C25H19Cl2N3O6/c1-2-34-22-10-15(9-20(27)24(22)35-14-16-5-3-4-6-19(16)26)13-28-29-25(31)23-12-17-11-18(30(32)33)7-8-21(17)36-23/h3-13H,2,14H2,1H3,(H,29,31)/b28-13+. The molecular formula is C25H19Cl2N3O6. The summed E-state index contributed by atoms with van der Waals surface area (Å²) in [6.45, 7) is 2.40. The summed E-state index contributed by atoms with van der Waals surface area (Å²) in [7, 11) is 0. The van der Waals surface area contributed by atoms with Gasteiger partial charge in [0.2, 0.25) is 0 Å². The molecule has 4 rings (SSSR count). The van der Waals surface area contributed by atoms with Crippen molar-refractivity contribution in [2.45, 2.75) is 13.5 Å². The third kappa shape index (κ3) is 5.76. The summed E-state index contributed by atoms with van der Waals surface area (Å²) in [6, 6.07) is 16.1. The number of nitrogens with one attached hydrogen (secondary N) is 1. The minimum Gasteiger partial charge on any atom is -0.490 e. The minimum absolute atomic E-state index is 0.0426. The van der Waals surface area contributed by atoms with Crippen LogP contribution in [0.4, 0.5) is 5.69 Å². The van der Waals surface area contributed by atoms with Crippen molar-refractivity contribution in [1.82, 2.24) is 5.43 Å². The quantitative estimate of drug-likeness (QED) is 0.153. The molecule has 0 aliphatic rings. The molecule has 0 unspecified atom stereocenters. The Kier molecular flexibility index (Phi) is 7.72. The maximum atomic E-state index is 12.4. The number of halogens is 2. The zero-order chi connectivity index (χ0) is 25.7. The van der Waals surface area contributed by atoms with Crippen LogP contribution in [0.15, 0.2) is 70.2 Å². The average molecular weight is 528 g/mol. The second-order valence-electron chi connectivity index (χ2n) is 7.43. The zero-order valence-corrected chi connectivity index (χ0v) is 20.4. The molecular weight excluding hydrogens is 509 g/mol. The van der Waals surface area contributed by atoms with E-state index in [2.05, 4.69) is 10.5 Å². The molecule has 0 aliphatic heterocycles. The number of carbonyl (C=O) groups is 1. The fraction of sp³-hybridized carbons (Fsp3) is 0.120. The Hall–Kier alpha value is -4.08. The van der Waals surface area contributed by atoms with Crippen molar-refractivity contribution in [3.8, 4) is 11.5 Å². The second kappa shape index (κ2) is 11.1. The van der Waals surface area contributed by atoms with Gasteiger partial charge in [0, 0.05) is 28.1 Å². The Morgan fingerprint density at radius 2 is 1.92 bits per heavy atom. The number of nitrogens with zero attached hydrogens (tertiary/aromatic N) is 2. The van der Waals surface area contributed by atoms with Crippen LogP contribution in [-0.2, 0) is 6.61 Å². The number of fused-ring (bicyclic) bond motifs is 1. The lowest BCUT2D eigenvalue weighted by atomic mass is 10.2. The zero-order valence-electron chi connectivity index (χ0n) is 18.9. The molecule has 0 atom stereocenters. The van der Waals surface area contributed by atoms with E-state index < -0.39 is 10.8 Å². The molecule has 0 bridgehead atoms. The van der Waals surface area contributed by atoms with Crippen molar-refractivity contribution < 1.29 is 23.6 Å². The number of rotatable bonds is 9. The fourth-order valence-corrected chi connectivity index (χ4v) is 3.77. The summed E-state index contributed by atoms with van der Waals surface area (Å²) >= 11 is 12.6. The summed E-state index contributed by atoms with van der Waals surface area (Å²) in [5.41, 5.74) is 3.95. The molecule has 1 heterocycles. The summed E-state index contributed by atoms with van der Waals surface area (Å²) in [6.07, 6.45) is 1.39. The van der Waals surface area contributed by atoms with E-state index in [1.165, 1.54) is 30.5 Å². The first-order valence-corrected chi connectivity index (χ1v) is 11.4. The lowest BCUT2D eigenvalue weighted by Gasteiger charge is -2.15. The van der Waals surface area contributed by atoms with Gasteiger partial charge < -0.3 is 13.9 Å². The van der Waals surface area contributed by atoms with Crippen LogP contribution < -0.4 is 14.9 Å². The molecule has 0 fully saturated rings. The summed E-state index contributed by atoms with van der Waals surface area (Å²) in [4.78, 5) is 22.8. The largest absolute Gasteiger partial charge is 0.490 e. The van der Waals surface area contributed by atoms with Crippen LogP contribution in [0.3, 0.4) is 0 Å². The number of nitro groups is 1. The highest BCUT2D eigenvalue weighted by atomic mass is 35.5. The van der Waals surface area contributed by atoms with Crippen molar-refractivity contribution in [3.05, 3.63) is 97.7 Å². The summed E-state index contributed by atoms with van der Waals surface area (Å²) in [5.74, 6) is 0.0969. The van der Waals surface area contributed by atoms with E-state index in [1.54, 1.807) is 18.2 Å². The Balaban J connectivity index is 1.47. The third-order valence-electron chi connectivity index (χ3n) is 4.98. The monoisotopic (exact) mass is 527 g/mol. The topological polar surface area (TPSA) is 116 Å². The highest BCUT2D eigenvalue weighted by Crippen LogP contribution is 2.37. The third-order valence-corrected chi connectivity index (χ3v) is 5.63. The van der Waals surface area contributed by atoms with Crippen LogP contribution in [-0.4, -0.2) is 23.7 Å². The van der Waals surface area contributed by atoms with Crippen LogP contribution in [0.2, 0.25) is 10.0 Å².